The third-order valence-electron chi connectivity index (χ3n) is 4.84. The number of nitrogens with one attached hydrogen (secondary N) is 2. The van der Waals surface area contributed by atoms with E-state index in [9.17, 15) is 0 Å². The summed E-state index contributed by atoms with van der Waals surface area (Å²) in [5.41, 5.74) is 1.31. The summed E-state index contributed by atoms with van der Waals surface area (Å²) in [7, 11) is 0. The molecule has 1 fully saturated rings. The van der Waals surface area contributed by atoms with Crippen LogP contribution in [-0.2, 0) is 11.2 Å². The second-order valence-electron chi connectivity index (χ2n) is 8.09. The fourth-order valence-corrected chi connectivity index (χ4v) is 3.22. The molecule has 158 valence electrons. The predicted molar refractivity (Wildman–Crippen MR) is 116 cm³/mol. The van der Waals surface area contributed by atoms with Crippen molar-refractivity contribution in [2.24, 2.45) is 4.99 Å². The highest BCUT2D eigenvalue weighted by atomic mass is 16.5. The van der Waals surface area contributed by atoms with Gasteiger partial charge in [-0.3, -0.25) is 9.89 Å². The largest absolute Gasteiger partial charge is 0.491 e. The van der Waals surface area contributed by atoms with Gasteiger partial charge in [-0.15, -0.1) is 0 Å². The van der Waals surface area contributed by atoms with Gasteiger partial charge in [-0.05, 0) is 58.7 Å². The van der Waals surface area contributed by atoms with Crippen LogP contribution in [0.25, 0.3) is 0 Å². The van der Waals surface area contributed by atoms with Crippen molar-refractivity contribution >= 4 is 5.96 Å². The molecule has 1 heterocycles. The number of hydrogen-bond acceptors (Lipinski definition) is 4. The van der Waals surface area contributed by atoms with Crippen molar-refractivity contribution < 1.29 is 9.47 Å². The predicted octanol–water partition coefficient (Wildman–Crippen LogP) is 2.68. The Morgan fingerprint density at radius 3 is 2.46 bits per heavy atom. The van der Waals surface area contributed by atoms with Gasteiger partial charge in [0.1, 0.15) is 5.75 Å². The van der Waals surface area contributed by atoms with Gasteiger partial charge in [-0.2, -0.15) is 0 Å². The summed E-state index contributed by atoms with van der Waals surface area (Å²) in [4.78, 5) is 7.29. The number of aliphatic imine (C=N–C) groups is 1. The first-order chi connectivity index (χ1) is 13.4. The van der Waals surface area contributed by atoms with Gasteiger partial charge in [0.25, 0.3) is 0 Å². The molecule has 1 aromatic rings. The molecular weight excluding hydrogens is 352 g/mol. The minimum atomic E-state index is 0.0262. The second kappa shape index (κ2) is 11.3. The molecule has 2 rings (SSSR count). The first-order valence-electron chi connectivity index (χ1n) is 10.5. The summed E-state index contributed by atoms with van der Waals surface area (Å²) in [6.07, 6.45) is 1.15. The quantitative estimate of drug-likeness (QED) is 0.502. The number of nitrogens with zero attached hydrogens (tertiary/aromatic N) is 2. The van der Waals surface area contributed by atoms with Crippen molar-refractivity contribution in [1.82, 2.24) is 15.5 Å². The van der Waals surface area contributed by atoms with E-state index in [2.05, 4.69) is 48.4 Å². The van der Waals surface area contributed by atoms with Gasteiger partial charge in [0.2, 0.25) is 0 Å². The Labute approximate surface area is 170 Å². The van der Waals surface area contributed by atoms with E-state index in [0.29, 0.717) is 0 Å². The molecular formula is C22H38N4O2. The third-order valence-corrected chi connectivity index (χ3v) is 4.84. The second-order valence-corrected chi connectivity index (χ2v) is 8.09. The molecule has 2 N–H and O–H groups in total. The lowest BCUT2D eigenvalue weighted by molar-refractivity contribution is -0.00683. The molecule has 6 nitrogen and oxygen atoms in total. The van der Waals surface area contributed by atoms with Gasteiger partial charge in [0.05, 0.1) is 25.9 Å². The standard InChI is InChI=1S/C22H38N4O2/c1-6-23-21(25-17-22(4,5)26-13-15-27-16-14-26)24-12-11-19-7-9-20(10-8-19)28-18(2)3/h7-10,18H,6,11-17H2,1-5H3,(H2,23,24,25). The van der Waals surface area contributed by atoms with Crippen molar-refractivity contribution in [3.05, 3.63) is 29.8 Å². The van der Waals surface area contributed by atoms with E-state index in [1.165, 1.54) is 5.56 Å². The average Bonchev–Trinajstić information content (AvgIpc) is 2.68. The number of rotatable bonds is 9. The van der Waals surface area contributed by atoms with Crippen molar-refractivity contribution in [2.75, 3.05) is 45.9 Å². The highest BCUT2D eigenvalue weighted by Crippen LogP contribution is 2.16. The van der Waals surface area contributed by atoms with E-state index >= 15 is 0 Å². The maximum absolute atomic E-state index is 5.70. The van der Waals surface area contributed by atoms with Gasteiger partial charge >= 0.3 is 0 Å². The molecule has 0 spiro atoms. The Morgan fingerprint density at radius 2 is 1.86 bits per heavy atom. The highest BCUT2D eigenvalue weighted by Gasteiger charge is 2.28. The number of hydrogen-bond donors (Lipinski definition) is 2. The van der Waals surface area contributed by atoms with E-state index in [-0.39, 0.29) is 11.6 Å². The van der Waals surface area contributed by atoms with E-state index in [4.69, 9.17) is 14.5 Å². The SMILES string of the molecule is CCNC(=NCC(C)(C)N1CCOCC1)NCCc1ccc(OC(C)C)cc1. The summed E-state index contributed by atoms with van der Waals surface area (Å²) in [5, 5.41) is 6.81. The lowest BCUT2D eigenvalue weighted by Gasteiger charge is -2.39. The van der Waals surface area contributed by atoms with Crippen molar-refractivity contribution in [3.8, 4) is 5.75 Å². The first-order valence-corrected chi connectivity index (χ1v) is 10.5. The van der Waals surface area contributed by atoms with Crippen LogP contribution in [-0.4, -0.2) is 68.4 Å². The molecule has 0 amide bonds. The van der Waals surface area contributed by atoms with Crippen molar-refractivity contribution in [1.29, 1.82) is 0 Å². The average molecular weight is 391 g/mol. The van der Waals surface area contributed by atoms with Gasteiger partial charge < -0.3 is 20.1 Å². The molecule has 0 unspecified atom stereocenters. The molecule has 0 radical (unpaired) electrons. The molecule has 0 bridgehead atoms. The number of ether oxygens (including phenoxy) is 2. The molecule has 1 aromatic carbocycles. The molecule has 0 atom stereocenters. The number of guanidine groups is 1. The lowest BCUT2D eigenvalue weighted by atomic mass is 10.0. The normalized spacial score (nSPS) is 16.3. The Bertz CT molecular complexity index is 593. The zero-order valence-electron chi connectivity index (χ0n) is 18.3. The third kappa shape index (κ3) is 7.68. The molecule has 1 saturated heterocycles. The summed E-state index contributed by atoms with van der Waals surface area (Å²) in [6.45, 7) is 16.7. The van der Waals surface area contributed by atoms with Crippen LogP contribution in [0.15, 0.2) is 29.3 Å². The molecule has 28 heavy (non-hydrogen) atoms. The molecule has 1 aliphatic rings. The van der Waals surface area contributed by atoms with E-state index in [0.717, 1.165) is 64.1 Å². The smallest absolute Gasteiger partial charge is 0.191 e. The number of benzene rings is 1. The van der Waals surface area contributed by atoms with Crippen LogP contribution in [0.5, 0.6) is 5.75 Å². The molecule has 6 heteroatoms. The highest BCUT2D eigenvalue weighted by molar-refractivity contribution is 5.79. The lowest BCUT2D eigenvalue weighted by Crippen LogP contribution is -2.52. The fourth-order valence-electron chi connectivity index (χ4n) is 3.22. The Kier molecular flexibility index (Phi) is 9.06. The van der Waals surface area contributed by atoms with Crippen LogP contribution in [0.3, 0.4) is 0 Å². The topological polar surface area (TPSA) is 58.1 Å². The van der Waals surface area contributed by atoms with Crippen LogP contribution in [0.2, 0.25) is 0 Å². The molecule has 0 saturated carbocycles. The Balaban J connectivity index is 1.83. The van der Waals surface area contributed by atoms with Crippen molar-refractivity contribution in [3.63, 3.8) is 0 Å². The van der Waals surface area contributed by atoms with Gasteiger partial charge in [-0.25, -0.2) is 0 Å². The minimum Gasteiger partial charge on any atom is -0.491 e. The van der Waals surface area contributed by atoms with Crippen molar-refractivity contribution in [2.45, 2.75) is 52.7 Å². The molecule has 0 aromatic heterocycles. The number of morpholine rings is 1. The van der Waals surface area contributed by atoms with Crippen LogP contribution in [0.4, 0.5) is 0 Å². The summed E-state index contributed by atoms with van der Waals surface area (Å²) in [5.74, 6) is 1.80. The Morgan fingerprint density at radius 1 is 1.18 bits per heavy atom. The first kappa shape index (κ1) is 22.5. The van der Waals surface area contributed by atoms with E-state index in [1.807, 2.05) is 26.0 Å². The van der Waals surface area contributed by atoms with Crippen LogP contribution in [0.1, 0.15) is 40.2 Å². The fraction of sp³-hybridized carbons (Fsp3) is 0.682. The van der Waals surface area contributed by atoms with Gasteiger partial charge in [0.15, 0.2) is 5.96 Å². The van der Waals surface area contributed by atoms with Crippen LogP contribution < -0.4 is 15.4 Å². The maximum Gasteiger partial charge on any atom is 0.191 e. The van der Waals surface area contributed by atoms with E-state index in [1.54, 1.807) is 0 Å². The maximum atomic E-state index is 5.70. The summed E-state index contributed by atoms with van der Waals surface area (Å²) >= 11 is 0. The minimum absolute atomic E-state index is 0.0262. The van der Waals surface area contributed by atoms with Gasteiger partial charge in [-0.1, -0.05) is 12.1 Å². The van der Waals surface area contributed by atoms with Gasteiger partial charge in [0, 0.05) is 31.7 Å². The van der Waals surface area contributed by atoms with Crippen LogP contribution in [0, 0.1) is 0 Å². The Hall–Kier alpha value is -1.79. The molecule has 1 aliphatic heterocycles. The summed E-state index contributed by atoms with van der Waals surface area (Å²) < 4.78 is 11.2. The monoisotopic (exact) mass is 390 g/mol. The summed E-state index contributed by atoms with van der Waals surface area (Å²) in [6, 6.07) is 8.34. The molecule has 0 aliphatic carbocycles. The zero-order chi connectivity index (χ0) is 20.4. The zero-order valence-corrected chi connectivity index (χ0v) is 18.3. The van der Waals surface area contributed by atoms with E-state index < -0.39 is 0 Å². The van der Waals surface area contributed by atoms with Crippen LogP contribution >= 0.6 is 0 Å².